The molecule has 0 radical (unpaired) electrons. The Labute approximate surface area is 132 Å². The number of carbonyl (C=O) groups excluding carboxylic acids is 3. The number of anilines is 1. The minimum atomic E-state index is -0.841. The second kappa shape index (κ2) is 6.15. The first-order valence-corrected chi connectivity index (χ1v) is 7.14. The summed E-state index contributed by atoms with van der Waals surface area (Å²) < 4.78 is 0. The number of rotatable bonds is 5. The smallest absolute Gasteiger partial charge is 0.293 e. The zero-order valence-electron chi connectivity index (χ0n) is 13.0. The topological polar surface area (TPSA) is 110 Å². The van der Waals surface area contributed by atoms with Gasteiger partial charge < -0.3 is 5.32 Å². The Bertz CT molecular complexity index is 698. The molecule has 1 fully saturated rings. The molecule has 1 heterocycles. The average Bonchev–Trinajstić information content (AvgIpc) is 2.73. The highest BCUT2D eigenvalue weighted by Crippen LogP contribution is 2.29. The highest BCUT2D eigenvalue weighted by Gasteiger charge is 2.40. The lowest BCUT2D eigenvalue weighted by Crippen LogP contribution is -2.39. The first-order chi connectivity index (χ1) is 10.7. The Balaban J connectivity index is 2.30. The van der Waals surface area contributed by atoms with Crippen LogP contribution in [0.2, 0.25) is 0 Å². The number of amides is 2. The maximum Gasteiger partial charge on any atom is 0.293 e. The quantitative estimate of drug-likeness (QED) is 0.383. The molecule has 0 saturated carbocycles. The van der Waals surface area contributed by atoms with Gasteiger partial charge in [0, 0.05) is 17.7 Å². The molecule has 0 aromatic heterocycles. The zero-order chi connectivity index (χ0) is 17.3. The average molecular weight is 319 g/mol. The van der Waals surface area contributed by atoms with Crippen molar-refractivity contribution in [2.45, 2.75) is 39.3 Å². The Morgan fingerprint density at radius 2 is 2.04 bits per heavy atom. The molecular formula is C15H17N3O5. The zero-order valence-corrected chi connectivity index (χ0v) is 13.0. The number of nitrogens with one attached hydrogen (secondary N) is 1. The van der Waals surface area contributed by atoms with Crippen LogP contribution in [0.25, 0.3) is 0 Å². The van der Waals surface area contributed by atoms with E-state index in [1.807, 2.05) is 0 Å². The van der Waals surface area contributed by atoms with E-state index in [-0.39, 0.29) is 41.1 Å². The molecule has 8 nitrogen and oxygen atoms in total. The van der Waals surface area contributed by atoms with Gasteiger partial charge in [-0.25, -0.2) is 0 Å². The number of carbonyl (C=O) groups is 3. The van der Waals surface area contributed by atoms with E-state index in [4.69, 9.17) is 0 Å². The highest BCUT2D eigenvalue weighted by molar-refractivity contribution is 6.07. The van der Waals surface area contributed by atoms with Gasteiger partial charge in [-0.05, 0) is 32.9 Å². The fourth-order valence-electron chi connectivity index (χ4n) is 2.52. The molecule has 122 valence electrons. The third-order valence-electron chi connectivity index (χ3n) is 3.63. The van der Waals surface area contributed by atoms with Crippen molar-refractivity contribution < 1.29 is 19.3 Å². The fraction of sp³-hybridized carbons (Fsp3) is 0.400. The summed E-state index contributed by atoms with van der Waals surface area (Å²) in [5.41, 5.74) is 0.0117. The largest absolute Gasteiger partial charge is 0.368 e. The number of likely N-dealkylation sites (tertiary alicyclic amines) is 1. The molecule has 1 aliphatic heterocycles. The van der Waals surface area contributed by atoms with E-state index in [0.29, 0.717) is 0 Å². The first kappa shape index (κ1) is 16.6. The number of benzene rings is 1. The molecule has 0 bridgehead atoms. The number of nitro benzene ring substituents is 1. The van der Waals surface area contributed by atoms with Crippen molar-refractivity contribution in [1.82, 2.24) is 4.90 Å². The number of nitro groups is 1. The monoisotopic (exact) mass is 319 g/mol. The molecule has 0 aliphatic carbocycles. The molecular weight excluding hydrogens is 302 g/mol. The van der Waals surface area contributed by atoms with Crippen molar-refractivity contribution >= 4 is 29.0 Å². The molecule has 2 rings (SSSR count). The summed E-state index contributed by atoms with van der Waals surface area (Å²) in [6.45, 7) is 4.76. The lowest BCUT2D eigenvalue weighted by molar-refractivity contribution is -0.384. The van der Waals surface area contributed by atoms with Crippen LogP contribution in [0.1, 0.15) is 37.6 Å². The van der Waals surface area contributed by atoms with E-state index in [1.165, 1.54) is 19.1 Å². The van der Waals surface area contributed by atoms with Gasteiger partial charge in [-0.3, -0.25) is 29.4 Å². The van der Waals surface area contributed by atoms with Crippen LogP contribution in [-0.4, -0.2) is 39.5 Å². The van der Waals surface area contributed by atoms with Crippen LogP contribution >= 0.6 is 0 Å². The summed E-state index contributed by atoms with van der Waals surface area (Å²) in [6, 6.07) is 2.87. The predicted octanol–water partition coefficient (Wildman–Crippen LogP) is 1.75. The normalized spacial score (nSPS) is 17.7. The Morgan fingerprint density at radius 3 is 2.52 bits per heavy atom. The fourth-order valence-corrected chi connectivity index (χ4v) is 2.52. The lowest BCUT2D eigenvalue weighted by Gasteiger charge is -2.19. The van der Waals surface area contributed by atoms with Gasteiger partial charge in [-0.15, -0.1) is 0 Å². The molecule has 1 aromatic rings. The number of ketones is 1. The Kier molecular flexibility index (Phi) is 4.44. The summed E-state index contributed by atoms with van der Waals surface area (Å²) in [5, 5.41) is 13.9. The van der Waals surface area contributed by atoms with Gasteiger partial charge in [0.05, 0.1) is 11.3 Å². The maximum absolute atomic E-state index is 12.2. The summed E-state index contributed by atoms with van der Waals surface area (Å²) in [7, 11) is 0. The van der Waals surface area contributed by atoms with E-state index in [2.05, 4.69) is 5.32 Å². The van der Waals surface area contributed by atoms with Gasteiger partial charge in [0.15, 0.2) is 5.78 Å². The number of hydrogen-bond donors (Lipinski definition) is 1. The van der Waals surface area contributed by atoms with E-state index in [9.17, 15) is 24.5 Å². The van der Waals surface area contributed by atoms with E-state index < -0.39 is 16.9 Å². The van der Waals surface area contributed by atoms with Gasteiger partial charge >= 0.3 is 0 Å². The lowest BCUT2D eigenvalue weighted by atomic mass is 10.1. The van der Waals surface area contributed by atoms with Gasteiger partial charge in [0.1, 0.15) is 11.7 Å². The minimum absolute atomic E-state index is 0.0529. The third kappa shape index (κ3) is 3.20. The molecule has 1 N–H and O–H groups in total. The predicted molar refractivity (Wildman–Crippen MR) is 82.1 cm³/mol. The van der Waals surface area contributed by atoms with Crippen LogP contribution < -0.4 is 5.32 Å². The molecule has 1 aromatic carbocycles. The van der Waals surface area contributed by atoms with Gasteiger partial charge in [-0.1, -0.05) is 0 Å². The third-order valence-corrected chi connectivity index (χ3v) is 3.63. The number of nitrogens with zero attached hydrogens (tertiary/aromatic N) is 2. The number of hydrogen-bond acceptors (Lipinski definition) is 6. The maximum atomic E-state index is 12.2. The van der Waals surface area contributed by atoms with Gasteiger partial charge in [0.2, 0.25) is 5.91 Å². The molecule has 23 heavy (non-hydrogen) atoms. The van der Waals surface area contributed by atoms with Crippen molar-refractivity contribution in [3.8, 4) is 0 Å². The van der Waals surface area contributed by atoms with E-state index in [0.717, 1.165) is 11.0 Å². The van der Waals surface area contributed by atoms with Crippen LogP contribution in [0.15, 0.2) is 18.2 Å². The van der Waals surface area contributed by atoms with Gasteiger partial charge in [-0.2, -0.15) is 0 Å². The molecule has 1 aliphatic rings. The van der Waals surface area contributed by atoms with Crippen LogP contribution in [0.3, 0.4) is 0 Å². The molecule has 8 heteroatoms. The highest BCUT2D eigenvalue weighted by atomic mass is 16.6. The SMILES string of the molecule is CC(=O)c1ccc(NC2CC(=O)N(C(C)C)C2=O)c([N+](=O)[O-])c1. The van der Waals surface area contributed by atoms with Crippen molar-refractivity contribution in [2.75, 3.05) is 5.32 Å². The van der Waals surface area contributed by atoms with E-state index in [1.54, 1.807) is 13.8 Å². The molecule has 1 saturated heterocycles. The summed E-state index contributed by atoms with van der Waals surface area (Å²) in [5.74, 6) is -1.02. The van der Waals surface area contributed by atoms with Crippen LogP contribution in [0, 0.1) is 10.1 Å². The van der Waals surface area contributed by atoms with Gasteiger partial charge in [0.25, 0.3) is 11.6 Å². The minimum Gasteiger partial charge on any atom is -0.368 e. The van der Waals surface area contributed by atoms with E-state index >= 15 is 0 Å². The second-order valence-corrected chi connectivity index (χ2v) is 5.64. The summed E-state index contributed by atoms with van der Waals surface area (Å²) in [6.07, 6.45) is -0.0529. The number of Topliss-reactive ketones (excluding diaryl/α,β-unsaturated/α-hetero) is 1. The molecule has 1 atom stereocenters. The summed E-state index contributed by atoms with van der Waals surface area (Å²) >= 11 is 0. The Morgan fingerprint density at radius 1 is 1.39 bits per heavy atom. The molecule has 1 unspecified atom stereocenters. The molecule has 2 amide bonds. The van der Waals surface area contributed by atoms with Crippen molar-refractivity contribution in [1.29, 1.82) is 0 Å². The molecule has 0 spiro atoms. The Hall–Kier alpha value is -2.77. The summed E-state index contributed by atoms with van der Waals surface area (Å²) in [4.78, 5) is 47.2. The van der Waals surface area contributed by atoms with Crippen LogP contribution in [-0.2, 0) is 9.59 Å². The van der Waals surface area contributed by atoms with Crippen molar-refractivity contribution in [3.05, 3.63) is 33.9 Å². The van der Waals surface area contributed by atoms with Crippen molar-refractivity contribution in [2.24, 2.45) is 0 Å². The standard InChI is InChI=1S/C15H17N3O5/c1-8(2)17-14(20)7-12(15(17)21)16-11-5-4-10(9(3)19)6-13(11)18(22)23/h4-6,8,12,16H,7H2,1-3H3. The second-order valence-electron chi connectivity index (χ2n) is 5.64. The first-order valence-electron chi connectivity index (χ1n) is 7.14. The number of imide groups is 1. The van der Waals surface area contributed by atoms with Crippen LogP contribution in [0.4, 0.5) is 11.4 Å². The van der Waals surface area contributed by atoms with Crippen molar-refractivity contribution in [3.63, 3.8) is 0 Å². The van der Waals surface area contributed by atoms with Crippen LogP contribution in [0.5, 0.6) is 0 Å².